The lowest BCUT2D eigenvalue weighted by atomic mass is 10.1. The van der Waals surface area contributed by atoms with Crippen LogP contribution in [-0.2, 0) is 0 Å². The van der Waals surface area contributed by atoms with Gasteiger partial charge < -0.3 is 14.5 Å². The molecule has 0 aliphatic carbocycles. The summed E-state index contributed by atoms with van der Waals surface area (Å²) in [6.07, 6.45) is 3.69. The highest BCUT2D eigenvalue weighted by Crippen LogP contribution is 2.30. The van der Waals surface area contributed by atoms with Gasteiger partial charge in [-0.2, -0.15) is 5.26 Å². The molecular weight excluding hydrogens is 366 g/mol. The number of fused-ring (bicyclic) bond motifs is 1. The maximum atomic E-state index is 12.3. The molecule has 0 saturated carbocycles. The lowest BCUT2D eigenvalue weighted by molar-refractivity contribution is 0.272. The molecule has 0 unspecified atom stereocenters. The Morgan fingerprint density at radius 2 is 2.00 bits per heavy atom. The van der Waals surface area contributed by atoms with Crippen LogP contribution >= 0.6 is 0 Å². The minimum Gasteiger partial charge on any atom is -0.490 e. The Bertz CT molecular complexity index is 1130. The quantitative estimate of drug-likeness (QED) is 0.450. The van der Waals surface area contributed by atoms with Crippen LogP contribution in [0, 0.1) is 11.3 Å². The number of nitriles is 1. The number of nitrogens with one attached hydrogen (secondary N) is 1. The van der Waals surface area contributed by atoms with E-state index in [0.717, 1.165) is 18.4 Å². The molecular formula is C23H23N3O3. The molecule has 2 aromatic carbocycles. The van der Waals surface area contributed by atoms with Crippen LogP contribution < -0.4 is 15.0 Å². The van der Waals surface area contributed by atoms with Crippen molar-refractivity contribution in [2.45, 2.75) is 26.7 Å². The zero-order valence-corrected chi connectivity index (χ0v) is 16.6. The molecule has 6 heteroatoms. The third-order valence-electron chi connectivity index (χ3n) is 4.32. The van der Waals surface area contributed by atoms with Gasteiger partial charge in [0.15, 0.2) is 17.3 Å². The average Bonchev–Trinajstić information content (AvgIpc) is 2.73. The fourth-order valence-electron chi connectivity index (χ4n) is 2.86. The van der Waals surface area contributed by atoms with E-state index < -0.39 is 0 Å². The normalized spacial score (nSPS) is 11.3. The Hall–Kier alpha value is -3.59. The van der Waals surface area contributed by atoms with Gasteiger partial charge in [0.25, 0.3) is 5.56 Å². The predicted molar refractivity (Wildman–Crippen MR) is 114 cm³/mol. The first kappa shape index (κ1) is 20.2. The number of nitrogens with zero attached hydrogens (tertiary/aromatic N) is 2. The van der Waals surface area contributed by atoms with Gasteiger partial charge in [-0.15, -0.1) is 0 Å². The Balaban J connectivity index is 1.97. The Morgan fingerprint density at radius 3 is 2.76 bits per heavy atom. The number of allylic oxidation sites excluding steroid dienone is 1. The second kappa shape index (κ2) is 9.56. The number of H-pyrrole nitrogens is 1. The van der Waals surface area contributed by atoms with Crippen molar-refractivity contribution in [3.63, 3.8) is 0 Å². The molecule has 3 rings (SSSR count). The van der Waals surface area contributed by atoms with Gasteiger partial charge in [-0.05, 0) is 49.2 Å². The van der Waals surface area contributed by atoms with Gasteiger partial charge >= 0.3 is 0 Å². The summed E-state index contributed by atoms with van der Waals surface area (Å²) in [6.45, 7) is 5.14. The van der Waals surface area contributed by atoms with E-state index in [0.29, 0.717) is 35.6 Å². The molecule has 0 aliphatic rings. The van der Waals surface area contributed by atoms with Crippen molar-refractivity contribution in [1.82, 2.24) is 9.97 Å². The molecule has 0 bridgehead atoms. The summed E-state index contributed by atoms with van der Waals surface area (Å²) < 4.78 is 11.5. The number of rotatable bonds is 8. The number of hydrogen-bond donors (Lipinski definition) is 1. The van der Waals surface area contributed by atoms with Crippen LogP contribution in [-0.4, -0.2) is 23.2 Å². The summed E-state index contributed by atoms with van der Waals surface area (Å²) in [5, 5.41) is 10.1. The average molecular weight is 389 g/mol. The molecule has 0 aliphatic heterocycles. The van der Waals surface area contributed by atoms with E-state index in [-0.39, 0.29) is 17.0 Å². The Morgan fingerprint density at radius 1 is 1.17 bits per heavy atom. The standard InChI is InChI=1S/C23H23N3O3/c1-3-5-12-29-20-11-10-16(14-21(20)28-4-2)13-17(15-24)22-25-19-9-7-6-8-18(19)23(27)26-22/h6-11,13-14H,3-5,12H2,1-2H3,(H,25,26,27)/b17-13-. The molecule has 1 heterocycles. The molecule has 1 N–H and O–H groups in total. The molecule has 3 aromatic rings. The molecule has 0 amide bonds. The third-order valence-corrected chi connectivity index (χ3v) is 4.32. The summed E-state index contributed by atoms with van der Waals surface area (Å²) in [5.41, 5.74) is 1.28. The highest BCUT2D eigenvalue weighted by molar-refractivity contribution is 5.89. The van der Waals surface area contributed by atoms with Crippen LogP contribution in [0.4, 0.5) is 0 Å². The second-order valence-electron chi connectivity index (χ2n) is 6.44. The van der Waals surface area contributed by atoms with Crippen molar-refractivity contribution < 1.29 is 9.47 Å². The number of hydrogen-bond acceptors (Lipinski definition) is 5. The summed E-state index contributed by atoms with van der Waals surface area (Å²) in [4.78, 5) is 19.4. The van der Waals surface area contributed by atoms with Crippen LogP contribution in [0.5, 0.6) is 11.5 Å². The third kappa shape index (κ3) is 4.82. The monoisotopic (exact) mass is 389 g/mol. The first-order valence-corrected chi connectivity index (χ1v) is 9.67. The van der Waals surface area contributed by atoms with E-state index in [1.165, 1.54) is 0 Å². The Kier molecular flexibility index (Phi) is 6.64. The molecule has 0 spiro atoms. The van der Waals surface area contributed by atoms with Crippen molar-refractivity contribution in [2.75, 3.05) is 13.2 Å². The summed E-state index contributed by atoms with van der Waals surface area (Å²) >= 11 is 0. The maximum Gasteiger partial charge on any atom is 0.259 e. The van der Waals surface area contributed by atoms with Crippen molar-refractivity contribution in [2.24, 2.45) is 0 Å². The summed E-state index contributed by atoms with van der Waals surface area (Å²) in [7, 11) is 0. The molecule has 0 saturated heterocycles. The van der Waals surface area contributed by atoms with Gasteiger partial charge in [0.1, 0.15) is 6.07 Å². The van der Waals surface area contributed by atoms with E-state index in [1.807, 2.05) is 25.1 Å². The van der Waals surface area contributed by atoms with Crippen molar-refractivity contribution in [3.8, 4) is 17.6 Å². The van der Waals surface area contributed by atoms with Crippen molar-refractivity contribution >= 4 is 22.6 Å². The van der Waals surface area contributed by atoms with Crippen LogP contribution in [0.2, 0.25) is 0 Å². The lowest BCUT2D eigenvalue weighted by Gasteiger charge is -2.12. The van der Waals surface area contributed by atoms with Gasteiger partial charge in [0.05, 0.1) is 29.7 Å². The molecule has 6 nitrogen and oxygen atoms in total. The number of ether oxygens (including phenoxy) is 2. The van der Waals surface area contributed by atoms with E-state index >= 15 is 0 Å². The van der Waals surface area contributed by atoms with Crippen LogP contribution in [0.3, 0.4) is 0 Å². The van der Waals surface area contributed by atoms with Gasteiger partial charge in [-0.3, -0.25) is 4.79 Å². The molecule has 29 heavy (non-hydrogen) atoms. The molecule has 1 aromatic heterocycles. The molecule has 0 radical (unpaired) electrons. The van der Waals surface area contributed by atoms with Crippen LogP contribution in [0.25, 0.3) is 22.6 Å². The molecule has 0 fully saturated rings. The molecule has 148 valence electrons. The second-order valence-corrected chi connectivity index (χ2v) is 6.44. The van der Waals surface area contributed by atoms with Crippen molar-refractivity contribution in [3.05, 3.63) is 64.2 Å². The fourth-order valence-corrected chi connectivity index (χ4v) is 2.86. The van der Waals surface area contributed by atoms with Gasteiger partial charge in [0, 0.05) is 0 Å². The lowest BCUT2D eigenvalue weighted by Crippen LogP contribution is -2.11. The summed E-state index contributed by atoms with van der Waals surface area (Å²) in [6, 6.07) is 14.7. The zero-order valence-electron chi connectivity index (χ0n) is 16.6. The predicted octanol–water partition coefficient (Wildman–Crippen LogP) is 4.56. The van der Waals surface area contributed by atoms with Crippen molar-refractivity contribution in [1.29, 1.82) is 5.26 Å². The minimum atomic E-state index is -0.276. The Labute approximate surface area is 169 Å². The maximum absolute atomic E-state index is 12.3. The smallest absolute Gasteiger partial charge is 0.259 e. The van der Waals surface area contributed by atoms with Gasteiger partial charge in [-0.1, -0.05) is 31.5 Å². The number of aromatic nitrogens is 2. The number of para-hydroxylation sites is 1. The summed E-state index contributed by atoms with van der Waals surface area (Å²) in [5.74, 6) is 1.53. The SMILES string of the molecule is CCCCOc1ccc(/C=C(/C#N)c2nc3ccccc3c(=O)[nH]2)cc1OCC. The van der Waals surface area contributed by atoms with E-state index in [4.69, 9.17) is 9.47 Å². The van der Waals surface area contributed by atoms with Crippen LogP contribution in [0.1, 0.15) is 38.1 Å². The first-order valence-electron chi connectivity index (χ1n) is 9.67. The van der Waals surface area contributed by atoms with Gasteiger partial charge in [-0.25, -0.2) is 4.98 Å². The molecule has 0 atom stereocenters. The van der Waals surface area contributed by atoms with E-state index in [1.54, 1.807) is 30.3 Å². The fraction of sp³-hybridized carbons (Fsp3) is 0.261. The number of aromatic amines is 1. The number of benzene rings is 2. The topological polar surface area (TPSA) is 88.0 Å². The minimum absolute atomic E-state index is 0.234. The highest BCUT2D eigenvalue weighted by atomic mass is 16.5. The number of unbranched alkanes of at least 4 members (excludes halogenated alkanes) is 1. The first-order chi connectivity index (χ1) is 14.2. The van der Waals surface area contributed by atoms with E-state index in [9.17, 15) is 10.1 Å². The largest absolute Gasteiger partial charge is 0.490 e. The van der Waals surface area contributed by atoms with Gasteiger partial charge in [0.2, 0.25) is 0 Å². The van der Waals surface area contributed by atoms with Crippen LogP contribution in [0.15, 0.2) is 47.3 Å². The van der Waals surface area contributed by atoms with E-state index in [2.05, 4.69) is 23.0 Å². The zero-order chi connectivity index (χ0) is 20.6. The highest BCUT2D eigenvalue weighted by Gasteiger charge is 2.10.